The number of carbonyl (C=O) groups is 1. The molecule has 7 nitrogen and oxygen atoms in total. The third-order valence-electron chi connectivity index (χ3n) is 4.98. The van der Waals surface area contributed by atoms with Gasteiger partial charge >= 0.3 is 5.69 Å². The number of pyridine rings is 1. The van der Waals surface area contributed by atoms with Crippen LogP contribution in [0.15, 0.2) is 52.1 Å². The van der Waals surface area contributed by atoms with E-state index in [1.807, 2.05) is 0 Å². The number of rotatable bonds is 2. The quantitative estimate of drug-likeness (QED) is 0.483. The van der Waals surface area contributed by atoms with Crippen LogP contribution in [0.2, 0.25) is 0 Å². The van der Waals surface area contributed by atoms with E-state index in [0.29, 0.717) is 22.4 Å². The lowest BCUT2D eigenvalue weighted by molar-refractivity contribution is 0.104. The molecule has 2 aromatic carbocycles. The monoisotopic (exact) mass is 389 g/mol. The third kappa shape index (κ3) is 2.35. The fourth-order valence-corrected chi connectivity index (χ4v) is 3.75. The number of methoxy groups -OCH3 is 1. The van der Waals surface area contributed by atoms with Crippen molar-refractivity contribution in [1.82, 2.24) is 15.0 Å². The van der Waals surface area contributed by atoms with Gasteiger partial charge in [-0.1, -0.05) is 30.3 Å². The third-order valence-corrected chi connectivity index (χ3v) is 4.98. The lowest BCUT2D eigenvalue weighted by atomic mass is 9.95. The SMILES string of the molecule is COc1ccc(-c2c3c(nc4[nH]c(=O)[nH]c(=O)c24)-c2ccccc2C3=O)cc1F. The number of H-pyrrole nitrogens is 2. The molecule has 142 valence electrons. The Morgan fingerprint density at radius 1 is 0.966 bits per heavy atom. The van der Waals surface area contributed by atoms with Gasteiger partial charge in [0.1, 0.15) is 5.65 Å². The highest BCUT2D eigenvalue weighted by Gasteiger charge is 2.33. The van der Waals surface area contributed by atoms with Gasteiger partial charge in [-0.25, -0.2) is 14.2 Å². The first-order valence-electron chi connectivity index (χ1n) is 8.68. The van der Waals surface area contributed by atoms with E-state index in [2.05, 4.69) is 15.0 Å². The summed E-state index contributed by atoms with van der Waals surface area (Å²) in [5.41, 5.74) is 0.647. The van der Waals surface area contributed by atoms with Crippen molar-refractivity contribution in [3.63, 3.8) is 0 Å². The van der Waals surface area contributed by atoms with Crippen LogP contribution in [0.3, 0.4) is 0 Å². The van der Waals surface area contributed by atoms with Gasteiger partial charge in [0.2, 0.25) is 0 Å². The number of aromatic nitrogens is 3. The standard InChI is InChI=1S/C21H12FN3O4/c1-29-13-7-6-9(8-12(13)22)14-15-17(10-4-2-3-5-11(10)18(15)26)23-19-16(14)20(27)25-21(28)24-19/h2-8H,1H3,(H2,23,24,25,27,28). The van der Waals surface area contributed by atoms with Gasteiger partial charge in [-0.05, 0) is 17.7 Å². The number of nitrogens with one attached hydrogen (secondary N) is 2. The fraction of sp³-hybridized carbons (Fsp3) is 0.0476. The van der Waals surface area contributed by atoms with E-state index in [4.69, 9.17) is 4.74 Å². The molecule has 29 heavy (non-hydrogen) atoms. The maximum Gasteiger partial charge on any atom is 0.327 e. The summed E-state index contributed by atoms with van der Waals surface area (Å²) in [4.78, 5) is 46.7. The summed E-state index contributed by atoms with van der Waals surface area (Å²) in [7, 11) is 1.34. The molecule has 0 saturated carbocycles. The highest BCUT2D eigenvalue weighted by atomic mass is 19.1. The minimum Gasteiger partial charge on any atom is -0.494 e. The number of hydrogen-bond acceptors (Lipinski definition) is 5. The van der Waals surface area contributed by atoms with Crippen molar-refractivity contribution in [2.24, 2.45) is 0 Å². The molecule has 4 aromatic rings. The lowest BCUT2D eigenvalue weighted by Crippen LogP contribution is -2.23. The maximum absolute atomic E-state index is 14.4. The summed E-state index contributed by atoms with van der Waals surface area (Å²) in [6.45, 7) is 0. The highest BCUT2D eigenvalue weighted by molar-refractivity contribution is 6.26. The zero-order valence-corrected chi connectivity index (χ0v) is 15.0. The Balaban J connectivity index is 1.98. The molecule has 2 aromatic heterocycles. The van der Waals surface area contributed by atoms with Gasteiger partial charge in [0.15, 0.2) is 17.3 Å². The van der Waals surface area contributed by atoms with Gasteiger partial charge in [-0.3, -0.25) is 19.6 Å². The number of nitrogens with zero attached hydrogens (tertiary/aromatic N) is 1. The molecule has 1 aliphatic carbocycles. The van der Waals surface area contributed by atoms with Gasteiger partial charge in [0.05, 0.1) is 23.8 Å². The van der Waals surface area contributed by atoms with Crippen molar-refractivity contribution < 1.29 is 13.9 Å². The minimum absolute atomic E-state index is 0.00840. The molecular weight excluding hydrogens is 377 g/mol. The van der Waals surface area contributed by atoms with Crippen LogP contribution < -0.4 is 16.0 Å². The van der Waals surface area contributed by atoms with Gasteiger partial charge in [-0.15, -0.1) is 0 Å². The molecular formula is C21H12FN3O4. The molecule has 0 amide bonds. The Morgan fingerprint density at radius 3 is 2.45 bits per heavy atom. The Morgan fingerprint density at radius 2 is 1.72 bits per heavy atom. The second kappa shape index (κ2) is 5.96. The largest absolute Gasteiger partial charge is 0.494 e. The van der Waals surface area contributed by atoms with E-state index < -0.39 is 17.1 Å². The van der Waals surface area contributed by atoms with E-state index in [1.165, 1.54) is 19.2 Å². The molecule has 2 heterocycles. The van der Waals surface area contributed by atoms with Gasteiger partial charge in [0.25, 0.3) is 5.56 Å². The smallest absolute Gasteiger partial charge is 0.327 e. The van der Waals surface area contributed by atoms with E-state index in [1.54, 1.807) is 30.3 Å². The average molecular weight is 389 g/mol. The Labute approximate surface area is 161 Å². The molecule has 0 atom stereocenters. The van der Waals surface area contributed by atoms with Crippen molar-refractivity contribution in [3.05, 3.63) is 80.2 Å². The number of benzene rings is 2. The molecule has 0 aliphatic heterocycles. The van der Waals surface area contributed by atoms with Crippen LogP contribution in [0.5, 0.6) is 5.75 Å². The summed E-state index contributed by atoms with van der Waals surface area (Å²) in [6.07, 6.45) is 0. The predicted octanol–water partition coefficient (Wildman–Crippen LogP) is 2.64. The minimum atomic E-state index is -0.723. The average Bonchev–Trinajstić information content (AvgIpc) is 2.98. The maximum atomic E-state index is 14.4. The van der Waals surface area contributed by atoms with Crippen LogP contribution in [-0.2, 0) is 0 Å². The number of aromatic amines is 2. The van der Waals surface area contributed by atoms with Crippen molar-refractivity contribution in [3.8, 4) is 28.1 Å². The van der Waals surface area contributed by atoms with Crippen LogP contribution in [0.4, 0.5) is 4.39 Å². The van der Waals surface area contributed by atoms with E-state index in [-0.39, 0.29) is 33.7 Å². The molecule has 1 aliphatic rings. The Kier molecular flexibility index (Phi) is 3.51. The van der Waals surface area contributed by atoms with Crippen molar-refractivity contribution in [2.45, 2.75) is 0 Å². The van der Waals surface area contributed by atoms with E-state index >= 15 is 0 Å². The van der Waals surface area contributed by atoms with Gasteiger partial charge in [-0.2, -0.15) is 0 Å². The van der Waals surface area contributed by atoms with Crippen molar-refractivity contribution in [2.75, 3.05) is 7.11 Å². The summed E-state index contributed by atoms with van der Waals surface area (Å²) >= 11 is 0. The molecule has 8 heteroatoms. The van der Waals surface area contributed by atoms with E-state index in [0.717, 1.165) is 0 Å². The van der Waals surface area contributed by atoms with Crippen LogP contribution in [-0.4, -0.2) is 27.8 Å². The number of carbonyl (C=O) groups excluding carboxylic acids is 1. The molecule has 0 bridgehead atoms. The first-order valence-corrected chi connectivity index (χ1v) is 8.68. The molecule has 0 spiro atoms. The summed E-state index contributed by atoms with van der Waals surface area (Å²) in [5, 5.41) is 0.00840. The van der Waals surface area contributed by atoms with Crippen LogP contribution in [0, 0.1) is 5.82 Å². The normalized spacial score (nSPS) is 12.1. The number of ketones is 1. The lowest BCUT2D eigenvalue weighted by Gasteiger charge is -2.12. The number of hydrogen-bond donors (Lipinski definition) is 2. The summed E-state index contributed by atoms with van der Waals surface area (Å²) in [6, 6.07) is 11.0. The summed E-state index contributed by atoms with van der Waals surface area (Å²) in [5.74, 6) is -0.935. The zero-order valence-electron chi connectivity index (χ0n) is 15.0. The molecule has 0 radical (unpaired) electrons. The van der Waals surface area contributed by atoms with Gasteiger partial charge in [0, 0.05) is 16.7 Å². The first-order chi connectivity index (χ1) is 14.0. The predicted molar refractivity (Wildman–Crippen MR) is 104 cm³/mol. The molecule has 0 fully saturated rings. The summed E-state index contributed by atoms with van der Waals surface area (Å²) < 4.78 is 19.4. The fourth-order valence-electron chi connectivity index (χ4n) is 3.75. The molecule has 0 unspecified atom stereocenters. The second-order valence-corrected chi connectivity index (χ2v) is 6.57. The van der Waals surface area contributed by atoms with Crippen LogP contribution >= 0.6 is 0 Å². The van der Waals surface area contributed by atoms with Crippen LogP contribution in [0.25, 0.3) is 33.4 Å². The number of ether oxygens (including phenoxy) is 1. The molecule has 0 saturated heterocycles. The molecule has 2 N–H and O–H groups in total. The van der Waals surface area contributed by atoms with Crippen LogP contribution in [0.1, 0.15) is 15.9 Å². The number of halogens is 1. The zero-order chi connectivity index (χ0) is 20.3. The highest BCUT2D eigenvalue weighted by Crippen LogP contribution is 2.42. The van der Waals surface area contributed by atoms with Crippen molar-refractivity contribution in [1.29, 1.82) is 0 Å². The van der Waals surface area contributed by atoms with Crippen molar-refractivity contribution >= 4 is 16.8 Å². The Bertz CT molecular complexity index is 1470. The Hall–Kier alpha value is -4.07. The van der Waals surface area contributed by atoms with E-state index in [9.17, 15) is 18.8 Å². The second-order valence-electron chi connectivity index (χ2n) is 6.57. The molecule has 5 rings (SSSR count). The number of fused-ring (bicyclic) bond motifs is 4. The topological polar surface area (TPSA) is 105 Å². The first kappa shape index (κ1) is 17.1. The van der Waals surface area contributed by atoms with Gasteiger partial charge < -0.3 is 4.74 Å².